The van der Waals surface area contributed by atoms with Crippen LogP contribution in [0.15, 0.2) is 24.3 Å². The van der Waals surface area contributed by atoms with Crippen LogP contribution in [0.4, 0.5) is 8.78 Å². The molecule has 19 heavy (non-hydrogen) atoms. The van der Waals surface area contributed by atoms with E-state index in [0.29, 0.717) is 10.1 Å². The van der Waals surface area contributed by atoms with E-state index < -0.39 is 34.5 Å². The van der Waals surface area contributed by atoms with Gasteiger partial charge in [0, 0.05) is 0 Å². The van der Waals surface area contributed by atoms with Crippen LogP contribution in [-0.4, -0.2) is 35.4 Å². The summed E-state index contributed by atoms with van der Waals surface area (Å²) in [4.78, 5) is 3.92. The fraction of sp³-hybridized carbons (Fsp3) is 0.364. The van der Waals surface area contributed by atoms with Crippen molar-refractivity contribution < 1.29 is 22.3 Å². The second kappa shape index (κ2) is 5.22. The second-order valence-electron chi connectivity index (χ2n) is 3.98. The lowest BCUT2D eigenvalue weighted by molar-refractivity contribution is 0.0722. The molecule has 1 aromatic carbocycles. The van der Waals surface area contributed by atoms with Crippen LogP contribution in [0.3, 0.4) is 0 Å². The number of benzene rings is 1. The van der Waals surface area contributed by atoms with Crippen LogP contribution in [0.5, 0.6) is 0 Å². The Hall–Kier alpha value is -1.54. The number of halogens is 2. The van der Waals surface area contributed by atoms with Crippen molar-refractivity contribution in [1.29, 1.82) is 0 Å². The van der Waals surface area contributed by atoms with Crippen molar-refractivity contribution in [3.8, 4) is 0 Å². The van der Waals surface area contributed by atoms with E-state index in [9.17, 15) is 17.2 Å². The third-order valence-corrected chi connectivity index (χ3v) is 4.12. The van der Waals surface area contributed by atoms with Crippen molar-refractivity contribution in [2.24, 2.45) is 0 Å². The molecule has 0 atom stereocenters. The predicted octanol–water partition coefficient (Wildman–Crippen LogP) is 1.34. The highest BCUT2D eigenvalue weighted by Crippen LogP contribution is 2.24. The van der Waals surface area contributed by atoms with Crippen molar-refractivity contribution in [2.75, 3.05) is 12.4 Å². The molecule has 0 saturated heterocycles. The van der Waals surface area contributed by atoms with E-state index in [1.54, 1.807) is 12.1 Å². The normalized spacial score (nSPS) is 12.4. The van der Waals surface area contributed by atoms with Gasteiger partial charge < -0.3 is 5.11 Å². The number of fused-ring (bicyclic) bond motifs is 1. The van der Waals surface area contributed by atoms with Gasteiger partial charge in [-0.15, -0.1) is 0 Å². The standard InChI is InChI=1S/C11H12F2N2O3S/c12-11(13)15-9-4-2-1-3-8(9)14-10(15)7-19(17,18)6-5-16/h1-4,11,16H,5-7H2. The maximum Gasteiger partial charge on any atom is 0.320 e. The average Bonchev–Trinajstić information content (AvgIpc) is 2.65. The van der Waals surface area contributed by atoms with Crippen LogP contribution in [-0.2, 0) is 15.6 Å². The Balaban J connectivity index is 2.51. The lowest BCUT2D eigenvalue weighted by Gasteiger charge is -2.07. The van der Waals surface area contributed by atoms with Crippen LogP contribution >= 0.6 is 0 Å². The van der Waals surface area contributed by atoms with Crippen LogP contribution < -0.4 is 0 Å². The number of nitrogens with zero attached hydrogens (tertiary/aromatic N) is 2. The minimum atomic E-state index is -3.66. The van der Waals surface area contributed by atoms with Gasteiger partial charge in [0.2, 0.25) is 0 Å². The zero-order valence-corrected chi connectivity index (χ0v) is 10.6. The molecule has 0 aliphatic carbocycles. The topological polar surface area (TPSA) is 72.2 Å². The second-order valence-corrected chi connectivity index (χ2v) is 6.16. The van der Waals surface area contributed by atoms with Crippen LogP contribution in [0, 0.1) is 0 Å². The van der Waals surface area contributed by atoms with Gasteiger partial charge in [0.25, 0.3) is 0 Å². The summed E-state index contributed by atoms with van der Waals surface area (Å²) in [6.07, 6.45) is 0. The summed E-state index contributed by atoms with van der Waals surface area (Å²) in [7, 11) is -3.66. The fourth-order valence-electron chi connectivity index (χ4n) is 1.82. The van der Waals surface area contributed by atoms with Crippen molar-refractivity contribution in [1.82, 2.24) is 9.55 Å². The van der Waals surface area contributed by atoms with Crippen LogP contribution in [0.2, 0.25) is 0 Å². The van der Waals surface area contributed by atoms with Crippen molar-refractivity contribution in [2.45, 2.75) is 12.3 Å². The molecular formula is C11H12F2N2O3S. The summed E-state index contributed by atoms with van der Waals surface area (Å²) in [5.41, 5.74) is 0.503. The number of aromatic nitrogens is 2. The third kappa shape index (κ3) is 2.90. The van der Waals surface area contributed by atoms with E-state index in [1.807, 2.05) is 0 Å². The average molecular weight is 290 g/mol. The van der Waals surface area contributed by atoms with Crippen molar-refractivity contribution in [3.05, 3.63) is 30.1 Å². The Morgan fingerprint density at radius 2 is 2.00 bits per heavy atom. The van der Waals surface area contributed by atoms with E-state index in [0.717, 1.165) is 0 Å². The number of sulfone groups is 1. The summed E-state index contributed by atoms with van der Waals surface area (Å²) in [6.45, 7) is -3.41. The third-order valence-electron chi connectivity index (χ3n) is 2.62. The van der Waals surface area contributed by atoms with Crippen molar-refractivity contribution in [3.63, 3.8) is 0 Å². The molecule has 0 aliphatic rings. The maximum atomic E-state index is 13.0. The fourth-order valence-corrected chi connectivity index (χ4v) is 2.84. The smallest absolute Gasteiger partial charge is 0.320 e. The molecule has 5 nitrogen and oxygen atoms in total. The van der Waals surface area contributed by atoms with Gasteiger partial charge in [-0.3, -0.25) is 4.57 Å². The molecule has 104 valence electrons. The Morgan fingerprint density at radius 1 is 1.32 bits per heavy atom. The minimum Gasteiger partial charge on any atom is -0.395 e. The zero-order chi connectivity index (χ0) is 14.0. The zero-order valence-electron chi connectivity index (χ0n) is 9.83. The molecule has 0 fully saturated rings. The highest BCUT2D eigenvalue weighted by Gasteiger charge is 2.22. The molecule has 0 amide bonds. The molecule has 0 spiro atoms. The first-order valence-electron chi connectivity index (χ1n) is 5.50. The molecule has 2 rings (SSSR count). The highest BCUT2D eigenvalue weighted by atomic mass is 32.2. The maximum absolute atomic E-state index is 13.0. The van der Waals surface area contributed by atoms with E-state index in [4.69, 9.17) is 5.11 Å². The van der Waals surface area contributed by atoms with Gasteiger partial charge in [0.05, 0.1) is 23.4 Å². The Kier molecular flexibility index (Phi) is 3.81. The summed E-state index contributed by atoms with van der Waals surface area (Å²) < 4.78 is 49.8. The number of aliphatic hydroxyl groups excluding tert-OH is 1. The largest absolute Gasteiger partial charge is 0.395 e. The molecule has 0 saturated carbocycles. The Labute approximate surface area is 108 Å². The molecule has 0 aliphatic heterocycles. The van der Waals surface area contributed by atoms with Gasteiger partial charge in [0.1, 0.15) is 11.6 Å². The monoisotopic (exact) mass is 290 g/mol. The molecule has 0 unspecified atom stereocenters. The van der Waals surface area contributed by atoms with E-state index in [2.05, 4.69) is 4.98 Å². The molecule has 1 heterocycles. The molecule has 0 radical (unpaired) electrons. The Bertz CT molecular complexity index is 682. The van der Waals surface area contributed by atoms with E-state index in [-0.39, 0.29) is 11.3 Å². The number of rotatable bonds is 5. The molecular weight excluding hydrogens is 278 g/mol. The van der Waals surface area contributed by atoms with Gasteiger partial charge in [-0.05, 0) is 12.1 Å². The van der Waals surface area contributed by atoms with Gasteiger partial charge in [-0.2, -0.15) is 8.78 Å². The first-order chi connectivity index (χ1) is 8.94. The number of hydrogen-bond acceptors (Lipinski definition) is 4. The van der Waals surface area contributed by atoms with Gasteiger partial charge in [0.15, 0.2) is 9.84 Å². The minimum absolute atomic E-state index is 0.187. The van der Waals surface area contributed by atoms with Gasteiger partial charge >= 0.3 is 6.55 Å². The summed E-state index contributed by atoms with van der Waals surface area (Å²) in [6, 6.07) is 6.21. The number of hydrogen-bond donors (Lipinski definition) is 1. The van der Waals surface area contributed by atoms with Gasteiger partial charge in [-0.25, -0.2) is 13.4 Å². The SMILES string of the molecule is O=S(=O)(CCO)Cc1nc2ccccc2n1C(F)F. The molecule has 8 heteroatoms. The van der Waals surface area contributed by atoms with Crippen LogP contribution in [0.25, 0.3) is 11.0 Å². The van der Waals surface area contributed by atoms with Crippen molar-refractivity contribution >= 4 is 20.9 Å². The number of aliphatic hydroxyl groups is 1. The molecule has 1 aromatic heterocycles. The molecule has 1 N–H and O–H groups in total. The van der Waals surface area contributed by atoms with Crippen LogP contribution in [0.1, 0.15) is 12.4 Å². The highest BCUT2D eigenvalue weighted by molar-refractivity contribution is 7.90. The van der Waals surface area contributed by atoms with E-state index in [1.165, 1.54) is 12.1 Å². The molecule has 2 aromatic rings. The number of para-hydroxylation sites is 2. The summed E-state index contributed by atoms with van der Waals surface area (Å²) in [5.74, 6) is -1.31. The summed E-state index contributed by atoms with van der Waals surface area (Å²) in [5, 5.41) is 8.64. The quantitative estimate of drug-likeness (QED) is 0.902. The first-order valence-corrected chi connectivity index (χ1v) is 7.32. The summed E-state index contributed by atoms with van der Waals surface area (Å²) >= 11 is 0. The first kappa shape index (κ1) is 13.9. The Morgan fingerprint density at radius 3 is 2.63 bits per heavy atom. The lowest BCUT2D eigenvalue weighted by atomic mass is 10.3. The lowest BCUT2D eigenvalue weighted by Crippen LogP contribution is -2.16. The molecule has 0 bridgehead atoms. The number of imidazole rings is 1. The van der Waals surface area contributed by atoms with Gasteiger partial charge in [-0.1, -0.05) is 12.1 Å². The van der Waals surface area contributed by atoms with E-state index >= 15 is 0 Å². The number of alkyl halides is 2. The predicted molar refractivity (Wildman–Crippen MR) is 65.6 cm³/mol.